The van der Waals surface area contributed by atoms with E-state index in [4.69, 9.17) is 4.74 Å². The van der Waals surface area contributed by atoms with E-state index < -0.39 is 0 Å². The number of aryl methyl sites for hydroxylation is 1. The number of carbonyl (C=O) groups is 1. The van der Waals surface area contributed by atoms with E-state index in [0.29, 0.717) is 23.7 Å². The molecule has 1 aromatic rings. The number of benzene rings is 1. The van der Waals surface area contributed by atoms with Gasteiger partial charge >= 0.3 is 0 Å². The Kier molecular flexibility index (Phi) is 5.64. The topological polar surface area (TPSA) is 26.3 Å². The van der Waals surface area contributed by atoms with Crippen LogP contribution in [0.2, 0.25) is 0 Å². The van der Waals surface area contributed by atoms with E-state index in [1.54, 1.807) is 7.11 Å². The monoisotopic (exact) mass is 338 g/mol. The van der Waals surface area contributed by atoms with Crippen LogP contribution < -0.4 is 4.74 Å². The molecule has 1 fully saturated rings. The minimum Gasteiger partial charge on any atom is -0.496 e. The number of halogens is 1. The first-order valence-electron chi connectivity index (χ1n) is 7.49. The second-order valence-corrected chi connectivity index (χ2v) is 6.64. The van der Waals surface area contributed by atoms with Gasteiger partial charge in [-0.1, -0.05) is 54.5 Å². The summed E-state index contributed by atoms with van der Waals surface area (Å²) < 4.78 is 6.35. The molecule has 0 aromatic heterocycles. The molecule has 3 heteroatoms. The summed E-state index contributed by atoms with van der Waals surface area (Å²) in [4.78, 5) is 12.6. The zero-order chi connectivity index (χ0) is 14.5. The van der Waals surface area contributed by atoms with Crippen molar-refractivity contribution in [3.63, 3.8) is 0 Å². The molecular weight excluding hydrogens is 316 g/mol. The highest BCUT2D eigenvalue weighted by Crippen LogP contribution is 2.31. The Hall–Kier alpha value is -0.830. The summed E-state index contributed by atoms with van der Waals surface area (Å²) in [6, 6.07) is 3.84. The first kappa shape index (κ1) is 15.6. The summed E-state index contributed by atoms with van der Waals surface area (Å²) in [5.74, 6) is 1.47. The number of ether oxygens (including phenoxy) is 1. The molecular formula is C17H23BrO2. The van der Waals surface area contributed by atoms with E-state index in [0.717, 1.165) is 10.0 Å². The van der Waals surface area contributed by atoms with Crippen LogP contribution in [0.25, 0.3) is 0 Å². The van der Waals surface area contributed by atoms with Crippen LogP contribution in [0.3, 0.4) is 0 Å². The van der Waals surface area contributed by atoms with Crippen molar-refractivity contribution in [3.05, 3.63) is 27.7 Å². The molecule has 1 aliphatic rings. The van der Waals surface area contributed by atoms with Crippen molar-refractivity contribution < 1.29 is 9.53 Å². The second kappa shape index (κ2) is 7.26. The Morgan fingerprint density at radius 1 is 1.25 bits per heavy atom. The Morgan fingerprint density at radius 3 is 2.50 bits per heavy atom. The van der Waals surface area contributed by atoms with Gasteiger partial charge in [0, 0.05) is 10.9 Å². The Bertz CT molecular complexity index is 474. The fraction of sp³-hybridized carbons (Fsp3) is 0.588. The molecule has 0 unspecified atom stereocenters. The molecule has 1 aromatic carbocycles. The van der Waals surface area contributed by atoms with Gasteiger partial charge in [-0.25, -0.2) is 0 Å². The van der Waals surface area contributed by atoms with Crippen molar-refractivity contribution in [2.24, 2.45) is 5.92 Å². The summed E-state index contributed by atoms with van der Waals surface area (Å²) in [5.41, 5.74) is 1.81. The van der Waals surface area contributed by atoms with Crippen molar-refractivity contribution in [3.8, 4) is 5.75 Å². The number of carbonyl (C=O) groups excluding carboxylic acids is 1. The lowest BCUT2D eigenvalue weighted by Gasteiger charge is -2.15. The smallest absolute Gasteiger partial charge is 0.166 e. The second-order valence-electron chi connectivity index (χ2n) is 5.79. The third-order valence-electron chi connectivity index (χ3n) is 4.23. The number of methoxy groups -OCH3 is 1. The Morgan fingerprint density at radius 2 is 1.90 bits per heavy atom. The van der Waals surface area contributed by atoms with Crippen LogP contribution in [0, 0.1) is 12.8 Å². The Labute approximate surface area is 130 Å². The Balaban J connectivity index is 2.13. The van der Waals surface area contributed by atoms with Gasteiger partial charge in [0.25, 0.3) is 0 Å². The van der Waals surface area contributed by atoms with E-state index in [1.807, 2.05) is 19.1 Å². The molecule has 0 radical (unpaired) electrons. The molecule has 20 heavy (non-hydrogen) atoms. The molecule has 0 aliphatic heterocycles. The lowest BCUT2D eigenvalue weighted by Crippen LogP contribution is -2.10. The molecule has 0 bridgehead atoms. The maximum Gasteiger partial charge on any atom is 0.166 e. The van der Waals surface area contributed by atoms with Crippen LogP contribution in [-0.2, 0) is 0 Å². The lowest BCUT2D eigenvalue weighted by atomic mass is 9.91. The third kappa shape index (κ3) is 3.85. The number of hydrogen-bond acceptors (Lipinski definition) is 2. The molecule has 0 heterocycles. The van der Waals surface area contributed by atoms with Gasteiger partial charge in [-0.2, -0.15) is 0 Å². The number of Topliss-reactive ketones (excluding diaryl/α,β-unsaturated/α-hetero) is 1. The summed E-state index contributed by atoms with van der Waals surface area (Å²) in [6.07, 6.45) is 8.24. The molecule has 0 N–H and O–H groups in total. The van der Waals surface area contributed by atoms with Crippen molar-refractivity contribution in [2.45, 2.75) is 51.9 Å². The van der Waals surface area contributed by atoms with Crippen molar-refractivity contribution in [1.29, 1.82) is 0 Å². The van der Waals surface area contributed by atoms with E-state index in [9.17, 15) is 4.79 Å². The van der Waals surface area contributed by atoms with Gasteiger partial charge in [-0.05, 0) is 30.5 Å². The molecule has 0 spiro atoms. The minimum atomic E-state index is 0.217. The summed E-state index contributed by atoms with van der Waals surface area (Å²) in [6.45, 7) is 2.01. The lowest BCUT2D eigenvalue weighted by molar-refractivity contribution is 0.0954. The predicted molar refractivity (Wildman–Crippen MR) is 85.6 cm³/mol. The van der Waals surface area contributed by atoms with Crippen LogP contribution >= 0.6 is 15.9 Å². The largest absolute Gasteiger partial charge is 0.496 e. The normalized spacial score (nSPS) is 16.8. The van der Waals surface area contributed by atoms with Gasteiger partial charge < -0.3 is 4.74 Å². The first-order chi connectivity index (χ1) is 9.61. The van der Waals surface area contributed by atoms with Gasteiger partial charge in [0.1, 0.15) is 5.75 Å². The zero-order valence-electron chi connectivity index (χ0n) is 12.4. The average molecular weight is 339 g/mol. The quantitative estimate of drug-likeness (QED) is 0.549. The summed E-state index contributed by atoms with van der Waals surface area (Å²) >= 11 is 3.51. The maximum atomic E-state index is 12.6. The van der Waals surface area contributed by atoms with Gasteiger partial charge in [0.15, 0.2) is 5.78 Å². The van der Waals surface area contributed by atoms with Gasteiger partial charge in [0.2, 0.25) is 0 Å². The fourth-order valence-electron chi connectivity index (χ4n) is 2.98. The SMILES string of the molecule is COc1cc(C)c(Br)cc1C(=O)CC1CCCCCC1. The average Bonchev–Trinajstić information content (AvgIpc) is 2.69. The van der Waals surface area contributed by atoms with Crippen LogP contribution in [0.1, 0.15) is 60.9 Å². The van der Waals surface area contributed by atoms with E-state index in [2.05, 4.69) is 15.9 Å². The standard InChI is InChI=1S/C17H23BrO2/c1-12-9-17(20-2)14(11-15(12)18)16(19)10-13-7-5-3-4-6-8-13/h9,11,13H,3-8,10H2,1-2H3. The van der Waals surface area contributed by atoms with Crippen molar-refractivity contribution in [1.82, 2.24) is 0 Å². The van der Waals surface area contributed by atoms with Gasteiger partial charge in [0.05, 0.1) is 12.7 Å². The van der Waals surface area contributed by atoms with E-state index in [-0.39, 0.29) is 5.78 Å². The van der Waals surface area contributed by atoms with E-state index >= 15 is 0 Å². The van der Waals surface area contributed by atoms with Crippen LogP contribution in [-0.4, -0.2) is 12.9 Å². The van der Waals surface area contributed by atoms with Gasteiger partial charge in [-0.3, -0.25) is 4.79 Å². The number of rotatable bonds is 4. The molecule has 1 saturated carbocycles. The summed E-state index contributed by atoms with van der Waals surface area (Å²) in [5, 5.41) is 0. The number of hydrogen-bond donors (Lipinski definition) is 0. The first-order valence-corrected chi connectivity index (χ1v) is 8.28. The fourth-order valence-corrected chi connectivity index (χ4v) is 3.33. The highest BCUT2D eigenvalue weighted by Gasteiger charge is 2.20. The third-order valence-corrected chi connectivity index (χ3v) is 5.08. The van der Waals surface area contributed by atoms with Crippen molar-refractivity contribution >= 4 is 21.7 Å². The van der Waals surface area contributed by atoms with Gasteiger partial charge in [-0.15, -0.1) is 0 Å². The van der Waals surface area contributed by atoms with Crippen molar-refractivity contribution in [2.75, 3.05) is 7.11 Å². The predicted octanol–water partition coefficient (Wildman–Crippen LogP) is 5.31. The molecule has 2 rings (SSSR count). The highest BCUT2D eigenvalue weighted by molar-refractivity contribution is 9.10. The van der Waals surface area contributed by atoms with E-state index in [1.165, 1.54) is 38.5 Å². The molecule has 0 amide bonds. The molecule has 0 saturated heterocycles. The maximum absolute atomic E-state index is 12.6. The highest BCUT2D eigenvalue weighted by atomic mass is 79.9. The van der Waals surface area contributed by atoms with Crippen LogP contribution in [0.15, 0.2) is 16.6 Å². The summed E-state index contributed by atoms with van der Waals surface area (Å²) in [7, 11) is 1.63. The molecule has 2 nitrogen and oxygen atoms in total. The zero-order valence-corrected chi connectivity index (χ0v) is 14.0. The van der Waals surface area contributed by atoms with Crippen LogP contribution in [0.4, 0.5) is 0 Å². The molecule has 0 atom stereocenters. The van der Waals surface area contributed by atoms with Crippen LogP contribution in [0.5, 0.6) is 5.75 Å². The minimum absolute atomic E-state index is 0.217. The molecule has 110 valence electrons. The molecule has 1 aliphatic carbocycles. The number of ketones is 1.